The Balaban J connectivity index is 1.60. The van der Waals surface area contributed by atoms with Crippen LogP contribution in [0.3, 0.4) is 0 Å². The number of tetrazole rings is 1. The number of rotatable bonds is 2. The van der Waals surface area contributed by atoms with Gasteiger partial charge in [-0.25, -0.2) is 8.78 Å². The van der Waals surface area contributed by atoms with E-state index in [9.17, 15) is 22.0 Å². The third-order valence-electron chi connectivity index (χ3n) is 5.41. The van der Waals surface area contributed by atoms with Gasteiger partial charge in [-0.1, -0.05) is 16.9 Å². The number of hydrogen-bond donors (Lipinski definition) is 0. The molecule has 1 fully saturated rings. The average molecular weight is 444 g/mol. The topological polar surface area (TPSA) is 59.2 Å². The summed E-state index contributed by atoms with van der Waals surface area (Å²) >= 11 is 0. The van der Waals surface area contributed by atoms with E-state index >= 15 is 0 Å². The summed E-state index contributed by atoms with van der Waals surface area (Å²) in [6.07, 6.45) is -4.57. The van der Waals surface area contributed by atoms with Gasteiger partial charge in [0.2, 0.25) is 0 Å². The van der Waals surface area contributed by atoms with Crippen molar-refractivity contribution in [3.05, 3.63) is 53.6 Å². The third-order valence-corrected chi connectivity index (χ3v) is 5.41. The van der Waals surface area contributed by atoms with Crippen LogP contribution < -0.4 is 4.90 Å². The van der Waals surface area contributed by atoms with Crippen molar-refractivity contribution < 1.29 is 22.0 Å². The zero-order chi connectivity index (χ0) is 22.7. The van der Waals surface area contributed by atoms with Gasteiger partial charge in [-0.05, 0) is 59.7 Å². The van der Waals surface area contributed by atoms with Gasteiger partial charge in [0.1, 0.15) is 22.9 Å². The van der Waals surface area contributed by atoms with Gasteiger partial charge in [0.05, 0.1) is 5.52 Å². The minimum Gasteiger partial charge on any atom is -0.329 e. The molecular formula is C21H13F5N6. The Hall–Kier alpha value is -3.81. The van der Waals surface area contributed by atoms with Crippen molar-refractivity contribution in [1.82, 2.24) is 25.0 Å². The van der Waals surface area contributed by atoms with E-state index in [4.69, 9.17) is 0 Å². The smallest absolute Gasteiger partial charge is 0.329 e. The minimum atomic E-state index is -4.43. The fourth-order valence-corrected chi connectivity index (χ4v) is 3.45. The summed E-state index contributed by atoms with van der Waals surface area (Å²) in [6, 6.07) is 7.67. The molecule has 4 aromatic rings. The van der Waals surface area contributed by atoms with E-state index in [1.165, 1.54) is 39.7 Å². The fraction of sp³-hybridized carbons (Fsp3) is 0.238. The summed E-state index contributed by atoms with van der Waals surface area (Å²) < 4.78 is 69.1. The first-order chi connectivity index (χ1) is 15.2. The van der Waals surface area contributed by atoms with Crippen LogP contribution in [0.25, 0.3) is 16.7 Å². The molecule has 0 radical (unpaired) electrons. The molecule has 0 N–H and O–H groups in total. The number of alkyl halides is 3. The van der Waals surface area contributed by atoms with Crippen LogP contribution in [0.1, 0.15) is 18.4 Å². The zero-order valence-corrected chi connectivity index (χ0v) is 16.5. The van der Waals surface area contributed by atoms with Gasteiger partial charge in [-0.2, -0.15) is 22.7 Å². The van der Waals surface area contributed by atoms with Crippen LogP contribution in [0.15, 0.2) is 36.4 Å². The van der Waals surface area contributed by atoms with Crippen molar-refractivity contribution in [2.24, 2.45) is 5.41 Å². The van der Waals surface area contributed by atoms with E-state index in [1.54, 1.807) is 7.05 Å². The van der Waals surface area contributed by atoms with Crippen LogP contribution in [0.4, 0.5) is 33.5 Å². The lowest BCUT2D eigenvalue weighted by Gasteiger charge is -2.20. The normalized spacial score (nSPS) is 14.9. The Morgan fingerprint density at radius 3 is 2.56 bits per heavy atom. The van der Waals surface area contributed by atoms with Crippen molar-refractivity contribution in [2.45, 2.75) is 19.0 Å². The first-order valence-electron chi connectivity index (χ1n) is 9.48. The van der Waals surface area contributed by atoms with Gasteiger partial charge in [0.15, 0.2) is 0 Å². The maximum atomic E-state index is 14.3. The minimum absolute atomic E-state index is 0.0700. The quantitative estimate of drug-likeness (QED) is 0.339. The van der Waals surface area contributed by atoms with Crippen LogP contribution in [-0.2, 0) is 0 Å². The molecule has 0 saturated heterocycles. The Kier molecular flexibility index (Phi) is 4.30. The van der Waals surface area contributed by atoms with Gasteiger partial charge in [-0.15, -0.1) is 0 Å². The third kappa shape index (κ3) is 3.28. The Morgan fingerprint density at radius 1 is 1.06 bits per heavy atom. The summed E-state index contributed by atoms with van der Waals surface area (Å²) in [7, 11) is 1.57. The molecule has 162 valence electrons. The number of halogens is 5. The number of anilines is 2. The molecular weight excluding hydrogens is 431 g/mol. The lowest BCUT2D eigenvalue weighted by molar-refractivity contribution is -0.168. The SMILES string of the molecule is CN(c1cc(F)cc(C#CC2(C(F)(F)F)CC2)c1)c1nc2nnnn2c2ccc(F)cc12. The molecule has 0 amide bonds. The number of hydrogen-bond acceptors (Lipinski definition) is 5. The maximum absolute atomic E-state index is 14.3. The summed E-state index contributed by atoms with van der Waals surface area (Å²) in [6.45, 7) is 0. The second kappa shape index (κ2) is 6.85. The molecule has 2 heterocycles. The molecule has 5 rings (SSSR count). The highest BCUT2D eigenvalue weighted by atomic mass is 19.4. The highest BCUT2D eigenvalue weighted by molar-refractivity contribution is 5.93. The average Bonchev–Trinajstić information content (AvgIpc) is 3.40. The summed E-state index contributed by atoms with van der Waals surface area (Å²) in [5.74, 6) is 3.90. The van der Waals surface area contributed by atoms with E-state index in [0.29, 0.717) is 10.9 Å². The predicted molar refractivity (Wildman–Crippen MR) is 105 cm³/mol. The first-order valence-corrected chi connectivity index (χ1v) is 9.48. The number of aromatic nitrogens is 5. The fourth-order valence-electron chi connectivity index (χ4n) is 3.45. The van der Waals surface area contributed by atoms with Crippen LogP contribution in [0.2, 0.25) is 0 Å². The van der Waals surface area contributed by atoms with Gasteiger partial charge in [-0.3, -0.25) is 0 Å². The predicted octanol–water partition coefficient (Wildman–Crippen LogP) is 4.41. The van der Waals surface area contributed by atoms with E-state index in [-0.39, 0.29) is 35.7 Å². The molecule has 0 spiro atoms. The van der Waals surface area contributed by atoms with E-state index in [2.05, 4.69) is 32.4 Å². The molecule has 1 saturated carbocycles. The van der Waals surface area contributed by atoms with Crippen LogP contribution in [-0.4, -0.2) is 38.2 Å². The van der Waals surface area contributed by atoms with Crippen LogP contribution in [0.5, 0.6) is 0 Å². The van der Waals surface area contributed by atoms with Crippen molar-refractivity contribution in [3.63, 3.8) is 0 Å². The number of benzene rings is 2. The molecule has 0 unspecified atom stereocenters. The van der Waals surface area contributed by atoms with E-state index in [0.717, 1.165) is 6.07 Å². The second-order valence-corrected chi connectivity index (χ2v) is 7.57. The molecule has 0 atom stereocenters. The van der Waals surface area contributed by atoms with Crippen molar-refractivity contribution in [1.29, 1.82) is 0 Å². The van der Waals surface area contributed by atoms with Gasteiger partial charge in [0.25, 0.3) is 5.78 Å². The molecule has 0 aliphatic heterocycles. The molecule has 1 aliphatic carbocycles. The Labute approximate surface area is 177 Å². The molecule has 1 aliphatic rings. The summed E-state index contributed by atoms with van der Waals surface area (Å²) in [4.78, 5) is 5.82. The molecule has 0 bridgehead atoms. The monoisotopic (exact) mass is 444 g/mol. The van der Waals surface area contributed by atoms with Crippen LogP contribution >= 0.6 is 0 Å². The van der Waals surface area contributed by atoms with Crippen LogP contribution in [0, 0.1) is 28.9 Å². The first kappa shape index (κ1) is 20.1. The maximum Gasteiger partial charge on any atom is 0.405 e. The molecule has 6 nitrogen and oxygen atoms in total. The van der Waals surface area contributed by atoms with Crippen molar-refractivity contribution in [3.8, 4) is 11.8 Å². The van der Waals surface area contributed by atoms with E-state index in [1.807, 2.05) is 0 Å². The lowest BCUT2D eigenvalue weighted by Crippen LogP contribution is -2.22. The van der Waals surface area contributed by atoms with Crippen molar-refractivity contribution >= 4 is 28.2 Å². The second-order valence-electron chi connectivity index (χ2n) is 7.57. The van der Waals surface area contributed by atoms with E-state index < -0.39 is 23.2 Å². The largest absolute Gasteiger partial charge is 0.405 e. The number of fused-ring (bicyclic) bond motifs is 3. The Bertz CT molecular complexity index is 1430. The Morgan fingerprint density at radius 2 is 1.84 bits per heavy atom. The molecule has 32 heavy (non-hydrogen) atoms. The molecule has 2 aromatic heterocycles. The number of nitrogens with zero attached hydrogens (tertiary/aromatic N) is 6. The van der Waals surface area contributed by atoms with Crippen molar-refractivity contribution in [2.75, 3.05) is 11.9 Å². The lowest BCUT2D eigenvalue weighted by atomic mass is 10.1. The van der Waals surface area contributed by atoms with Gasteiger partial charge >= 0.3 is 6.18 Å². The van der Waals surface area contributed by atoms with Gasteiger partial charge in [0, 0.05) is 23.7 Å². The molecule has 11 heteroatoms. The standard InChI is InChI=1S/C21H13F5N6/c1-31(18-16-11-13(22)2-3-17(16)32-19(27-18)28-29-30-32)15-9-12(8-14(23)10-15)4-5-20(6-7-20)21(24,25)26/h2-3,8-11H,6-7H2,1H3. The summed E-state index contributed by atoms with van der Waals surface area (Å²) in [5.41, 5.74) is -1.20. The summed E-state index contributed by atoms with van der Waals surface area (Å²) in [5, 5.41) is 11.6. The molecule has 2 aromatic carbocycles. The highest BCUT2D eigenvalue weighted by Crippen LogP contribution is 2.57. The van der Waals surface area contributed by atoms with Gasteiger partial charge < -0.3 is 4.90 Å². The highest BCUT2D eigenvalue weighted by Gasteiger charge is 2.62. The zero-order valence-electron chi connectivity index (χ0n) is 16.5.